The number of esters is 1. The molecule has 0 fully saturated rings. The van der Waals surface area contributed by atoms with Gasteiger partial charge in [0.1, 0.15) is 5.75 Å². The predicted octanol–water partition coefficient (Wildman–Crippen LogP) is 1.71. The molecule has 1 atom stereocenters. The average molecular weight is 263 g/mol. The molecule has 0 aromatic heterocycles. The molecule has 0 saturated carbocycles. The molecular formula is C15H21NO3. The van der Waals surface area contributed by atoms with Crippen molar-refractivity contribution in [1.29, 1.82) is 0 Å². The Morgan fingerprint density at radius 2 is 2.16 bits per heavy atom. The molecule has 0 aliphatic heterocycles. The van der Waals surface area contributed by atoms with Crippen LogP contribution in [0.5, 0.6) is 5.75 Å². The van der Waals surface area contributed by atoms with Crippen LogP contribution in [0.15, 0.2) is 18.2 Å². The zero-order chi connectivity index (χ0) is 13.9. The van der Waals surface area contributed by atoms with Crippen LogP contribution in [-0.2, 0) is 22.4 Å². The standard InChI is InChI=1S/C15H21NO3/c1-16-15(10-14(17)19-3)7-6-11-4-5-13(18-2)8-12(11)9-15/h4-5,8,16H,6-7,9-10H2,1-3H3. The summed E-state index contributed by atoms with van der Waals surface area (Å²) in [5.41, 5.74) is 2.40. The topological polar surface area (TPSA) is 47.6 Å². The van der Waals surface area contributed by atoms with Crippen LogP contribution in [0.2, 0.25) is 0 Å². The Hall–Kier alpha value is -1.55. The van der Waals surface area contributed by atoms with Crippen LogP contribution in [0, 0.1) is 0 Å². The number of rotatable bonds is 4. The van der Waals surface area contributed by atoms with Gasteiger partial charge in [0.25, 0.3) is 0 Å². The molecular weight excluding hydrogens is 242 g/mol. The molecule has 1 N–H and O–H groups in total. The van der Waals surface area contributed by atoms with E-state index in [1.165, 1.54) is 18.2 Å². The normalized spacial score (nSPS) is 21.6. The highest BCUT2D eigenvalue weighted by Gasteiger charge is 2.35. The van der Waals surface area contributed by atoms with Crippen molar-refractivity contribution in [3.8, 4) is 5.75 Å². The number of nitrogens with one attached hydrogen (secondary N) is 1. The van der Waals surface area contributed by atoms with Gasteiger partial charge in [-0.3, -0.25) is 4.79 Å². The highest BCUT2D eigenvalue weighted by Crippen LogP contribution is 2.33. The highest BCUT2D eigenvalue weighted by atomic mass is 16.5. The number of fused-ring (bicyclic) bond motifs is 1. The van der Waals surface area contributed by atoms with Crippen molar-refractivity contribution in [2.24, 2.45) is 0 Å². The van der Waals surface area contributed by atoms with Gasteiger partial charge < -0.3 is 14.8 Å². The first kappa shape index (κ1) is 13.9. The molecule has 1 aliphatic carbocycles. The third kappa shape index (κ3) is 2.89. The maximum atomic E-state index is 11.6. The van der Waals surface area contributed by atoms with Gasteiger partial charge in [0.2, 0.25) is 0 Å². The lowest BCUT2D eigenvalue weighted by atomic mass is 9.76. The van der Waals surface area contributed by atoms with Crippen LogP contribution in [0.4, 0.5) is 0 Å². The summed E-state index contributed by atoms with van der Waals surface area (Å²) in [4.78, 5) is 11.6. The van der Waals surface area contributed by atoms with E-state index in [0.29, 0.717) is 6.42 Å². The van der Waals surface area contributed by atoms with Gasteiger partial charge in [-0.15, -0.1) is 0 Å². The van der Waals surface area contributed by atoms with Crippen molar-refractivity contribution < 1.29 is 14.3 Å². The fourth-order valence-electron chi connectivity index (χ4n) is 2.77. The Kier molecular flexibility index (Phi) is 4.10. The van der Waals surface area contributed by atoms with E-state index in [-0.39, 0.29) is 11.5 Å². The van der Waals surface area contributed by atoms with Crippen molar-refractivity contribution in [1.82, 2.24) is 5.32 Å². The third-order valence-electron chi connectivity index (χ3n) is 4.06. The molecule has 1 aliphatic rings. The van der Waals surface area contributed by atoms with Crippen LogP contribution >= 0.6 is 0 Å². The lowest BCUT2D eigenvalue weighted by Gasteiger charge is -2.37. The first-order chi connectivity index (χ1) is 9.12. The summed E-state index contributed by atoms with van der Waals surface area (Å²) in [5.74, 6) is 0.699. The van der Waals surface area contributed by atoms with E-state index in [2.05, 4.69) is 17.4 Å². The van der Waals surface area contributed by atoms with Gasteiger partial charge in [-0.25, -0.2) is 0 Å². The van der Waals surface area contributed by atoms with Crippen LogP contribution < -0.4 is 10.1 Å². The van der Waals surface area contributed by atoms with E-state index >= 15 is 0 Å². The van der Waals surface area contributed by atoms with Gasteiger partial charge in [0, 0.05) is 5.54 Å². The van der Waals surface area contributed by atoms with Crippen molar-refractivity contribution in [3.63, 3.8) is 0 Å². The Labute approximate surface area is 114 Å². The minimum Gasteiger partial charge on any atom is -0.497 e. The van der Waals surface area contributed by atoms with E-state index in [9.17, 15) is 4.79 Å². The number of hydrogen-bond donors (Lipinski definition) is 1. The molecule has 1 aromatic carbocycles. The van der Waals surface area contributed by atoms with E-state index in [0.717, 1.165) is 25.0 Å². The summed E-state index contributed by atoms with van der Waals surface area (Å²) in [6.07, 6.45) is 3.14. The van der Waals surface area contributed by atoms with E-state index in [1.807, 2.05) is 13.1 Å². The highest BCUT2D eigenvalue weighted by molar-refractivity contribution is 5.71. The van der Waals surface area contributed by atoms with E-state index in [4.69, 9.17) is 9.47 Å². The Balaban J connectivity index is 2.24. The molecule has 4 nitrogen and oxygen atoms in total. The summed E-state index contributed by atoms with van der Waals surface area (Å²) >= 11 is 0. The van der Waals surface area contributed by atoms with Gasteiger partial charge in [-0.1, -0.05) is 6.07 Å². The second-order valence-electron chi connectivity index (χ2n) is 5.09. The first-order valence-electron chi connectivity index (χ1n) is 6.54. The number of likely N-dealkylation sites (N-methyl/N-ethyl adjacent to an activating group) is 1. The molecule has 0 heterocycles. The maximum absolute atomic E-state index is 11.6. The van der Waals surface area contributed by atoms with E-state index < -0.39 is 0 Å². The van der Waals surface area contributed by atoms with Crippen LogP contribution in [0.3, 0.4) is 0 Å². The van der Waals surface area contributed by atoms with E-state index in [1.54, 1.807) is 7.11 Å². The number of carbonyl (C=O) groups is 1. The second kappa shape index (κ2) is 5.61. The molecule has 0 saturated heterocycles. The van der Waals surface area contributed by atoms with Gasteiger partial charge in [-0.2, -0.15) is 0 Å². The zero-order valence-corrected chi connectivity index (χ0v) is 11.8. The van der Waals surface area contributed by atoms with Crippen molar-refractivity contribution in [3.05, 3.63) is 29.3 Å². The molecule has 4 heteroatoms. The Bertz CT molecular complexity index is 472. The maximum Gasteiger partial charge on any atom is 0.307 e. The van der Waals surface area contributed by atoms with Gasteiger partial charge in [-0.05, 0) is 49.6 Å². The SMILES string of the molecule is CNC1(CC(=O)OC)CCc2ccc(OC)cc2C1. The number of ether oxygens (including phenoxy) is 2. The minimum atomic E-state index is -0.202. The molecule has 1 aromatic rings. The van der Waals surface area contributed by atoms with Crippen molar-refractivity contribution in [2.75, 3.05) is 21.3 Å². The molecule has 0 radical (unpaired) electrons. The Morgan fingerprint density at radius 3 is 2.79 bits per heavy atom. The summed E-state index contributed by atoms with van der Waals surface area (Å²) in [6, 6.07) is 6.18. The summed E-state index contributed by atoms with van der Waals surface area (Å²) in [6.45, 7) is 0. The molecule has 0 bridgehead atoms. The number of methoxy groups -OCH3 is 2. The van der Waals surface area contributed by atoms with Gasteiger partial charge in [0.05, 0.1) is 20.6 Å². The number of aryl methyl sites for hydroxylation is 1. The van der Waals surface area contributed by atoms with Crippen molar-refractivity contribution in [2.45, 2.75) is 31.2 Å². The number of benzene rings is 1. The lowest BCUT2D eigenvalue weighted by Crippen LogP contribution is -2.49. The molecule has 0 amide bonds. The first-order valence-corrected chi connectivity index (χ1v) is 6.54. The summed E-state index contributed by atoms with van der Waals surface area (Å²) in [5, 5.41) is 3.32. The smallest absolute Gasteiger partial charge is 0.307 e. The molecule has 104 valence electrons. The minimum absolute atomic E-state index is 0.166. The number of hydrogen-bond acceptors (Lipinski definition) is 4. The zero-order valence-electron chi connectivity index (χ0n) is 11.8. The van der Waals surface area contributed by atoms with Gasteiger partial charge in [0.15, 0.2) is 0 Å². The predicted molar refractivity (Wildman–Crippen MR) is 73.4 cm³/mol. The van der Waals surface area contributed by atoms with Gasteiger partial charge >= 0.3 is 5.97 Å². The fraction of sp³-hybridized carbons (Fsp3) is 0.533. The molecule has 1 unspecified atom stereocenters. The summed E-state index contributed by atoms with van der Waals surface area (Å²) in [7, 11) is 5.02. The lowest BCUT2D eigenvalue weighted by molar-refractivity contribution is -0.142. The van der Waals surface area contributed by atoms with Crippen LogP contribution in [-0.4, -0.2) is 32.8 Å². The summed E-state index contributed by atoms with van der Waals surface area (Å²) < 4.78 is 10.1. The molecule has 0 spiro atoms. The third-order valence-corrected chi connectivity index (χ3v) is 4.06. The largest absolute Gasteiger partial charge is 0.497 e. The fourth-order valence-corrected chi connectivity index (χ4v) is 2.77. The molecule has 2 rings (SSSR count). The number of carbonyl (C=O) groups excluding carboxylic acids is 1. The molecule has 19 heavy (non-hydrogen) atoms. The van der Waals surface area contributed by atoms with Crippen molar-refractivity contribution >= 4 is 5.97 Å². The monoisotopic (exact) mass is 263 g/mol. The average Bonchev–Trinajstić information content (AvgIpc) is 2.46. The van der Waals surface area contributed by atoms with Crippen LogP contribution in [0.25, 0.3) is 0 Å². The second-order valence-corrected chi connectivity index (χ2v) is 5.09. The van der Waals surface area contributed by atoms with Crippen LogP contribution in [0.1, 0.15) is 24.0 Å². The Morgan fingerprint density at radius 1 is 1.37 bits per heavy atom. The quantitative estimate of drug-likeness (QED) is 0.840.